The molecule has 0 radical (unpaired) electrons. The van der Waals surface area contributed by atoms with Crippen molar-refractivity contribution in [3.05, 3.63) is 59.9 Å². The van der Waals surface area contributed by atoms with Gasteiger partial charge in [0.1, 0.15) is 17.6 Å². The third-order valence-electron chi connectivity index (χ3n) is 3.00. The minimum Gasteiger partial charge on any atom is -0.507 e. The Morgan fingerprint density at radius 2 is 1.90 bits per heavy atom. The van der Waals surface area contributed by atoms with Gasteiger partial charge in [0.25, 0.3) is 0 Å². The van der Waals surface area contributed by atoms with Gasteiger partial charge in [-0.1, -0.05) is 30.3 Å². The summed E-state index contributed by atoms with van der Waals surface area (Å²) in [6.45, 7) is 0. The molecular weight excluding hydrogens is 250 g/mol. The van der Waals surface area contributed by atoms with Crippen LogP contribution in [0.4, 0.5) is 0 Å². The maximum Gasteiger partial charge on any atom is 0.149 e. The minimum absolute atomic E-state index is 0.136. The van der Waals surface area contributed by atoms with Crippen LogP contribution in [0.1, 0.15) is 11.4 Å². The van der Waals surface area contributed by atoms with Gasteiger partial charge < -0.3 is 10.1 Å². The Hall–Kier alpha value is -3.06. The summed E-state index contributed by atoms with van der Waals surface area (Å²) < 4.78 is 0. The second-order valence-corrected chi connectivity index (χ2v) is 4.33. The molecule has 0 aliphatic carbocycles. The number of phenolic OH excluding ortho intramolecular Hbond substituents is 1. The van der Waals surface area contributed by atoms with Crippen molar-refractivity contribution in [2.75, 3.05) is 0 Å². The summed E-state index contributed by atoms with van der Waals surface area (Å²) in [5.41, 5.74) is 2.65. The number of allylic oxidation sites excluding steroid dienone is 1. The zero-order valence-electron chi connectivity index (χ0n) is 10.5. The smallest absolute Gasteiger partial charge is 0.149 e. The number of phenols is 1. The molecule has 0 aliphatic rings. The Morgan fingerprint density at radius 3 is 2.65 bits per heavy atom. The Labute approximate surface area is 115 Å². The summed E-state index contributed by atoms with van der Waals surface area (Å²) in [5, 5.41) is 19.1. The predicted molar refractivity (Wildman–Crippen MR) is 77.7 cm³/mol. The lowest BCUT2D eigenvalue weighted by Gasteiger charge is -1.98. The molecule has 0 atom stereocenters. The van der Waals surface area contributed by atoms with E-state index in [0.29, 0.717) is 17.0 Å². The molecule has 0 spiro atoms. The number of nitrogens with one attached hydrogen (secondary N) is 1. The number of imidazole rings is 1. The van der Waals surface area contributed by atoms with Crippen LogP contribution < -0.4 is 0 Å². The van der Waals surface area contributed by atoms with E-state index < -0.39 is 0 Å². The van der Waals surface area contributed by atoms with E-state index in [9.17, 15) is 10.4 Å². The van der Waals surface area contributed by atoms with Crippen LogP contribution in [0, 0.1) is 11.3 Å². The first-order chi connectivity index (χ1) is 9.78. The molecule has 0 fully saturated rings. The van der Waals surface area contributed by atoms with Gasteiger partial charge in [0, 0.05) is 5.56 Å². The number of benzene rings is 2. The molecule has 2 aromatic carbocycles. The van der Waals surface area contributed by atoms with Crippen LogP contribution in [-0.2, 0) is 0 Å². The quantitative estimate of drug-likeness (QED) is 0.695. The Kier molecular flexibility index (Phi) is 2.94. The van der Waals surface area contributed by atoms with Gasteiger partial charge in [-0.3, -0.25) is 0 Å². The van der Waals surface area contributed by atoms with E-state index >= 15 is 0 Å². The highest BCUT2D eigenvalue weighted by Crippen LogP contribution is 2.23. The van der Waals surface area contributed by atoms with Gasteiger partial charge in [-0.25, -0.2) is 4.98 Å². The van der Waals surface area contributed by atoms with E-state index in [1.807, 2.05) is 24.3 Å². The van der Waals surface area contributed by atoms with E-state index in [0.717, 1.165) is 11.0 Å². The average molecular weight is 261 g/mol. The molecule has 0 aliphatic heterocycles. The van der Waals surface area contributed by atoms with E-state index in [2.05, 4.69) is 16.0 Å². The molecule has 0 saturated heterocycles. The van der Waals surface area contributed by atoms with Gasteiger partial charge in [-0.15, -0.1) is 0 Å². The van der Waals surface area contributed by atoms with Gasteiger partial charge in [0.2, 0.25) is 0 Å². The van der Waals surface area contributed by atoms with Crippen molar-refractivity contribution < 1.29 is 5.11 Å². The summed E-state index contributed by atoms with van der Waals surface area (Å²) in [6.07, 6.45) is 1.62. The number of nitriles is 1. The minimum atomic E-state index is 0.136. The fraction of sp³-hybridized carbons (Fsp3) is 0. The van der Waals surface area contributed by atoms with Gasteiger partial charge in [0.05, 0.1) is 16.6 Å². The van der Waals surface area contributed by atoms with E-state index in [4.69, 9.17) is 0 Å². The lowest BCUT2D eigenvalue weighted by atomic mass is 10.1. The maximum absolute atomic E-state index is 9.76. The zero-order chi connectivity index (χ0) is 13.9. The second-order valence-electron chi connectivity index (χ2n) is 4.33. The number of fused-ring (bicyclic) bond motifs is 1. The molecule has 96 valence electrons. The average Bonchev–Trinajstić information content (AvgIpc) is 2.90. The molecule has 0 bridgehead atoms. The number of hydrogen-bond donors (Lipinski definition) is 2. The van der Waals surface area contributed by atoms with Gasteiger partial charge in [-0.2, -0.15) is 5.26 Å². The number of aromatic nitrogens is 2. The van der Waals surface area contributed by atoms with E-state index in [1.165, 1.54) is 0 Å². The number of nitrogens with zero attached hydrogens (tertiary/aromatic N) is 2. The van der Waals surface area contributed by atoms with Gasteiger partial charge >= 0.3 is 0 Å². The number of hydrogen-bond acceptors (Lipinski definition) is 3. The van der Waals surface area contributed by atoms with Crippen LogP contribution >= 0.6 is 0 Å². The molecular formula is C16H11N3O. The topological polar surface area (TPSA) is 72.7 Å². The third kappa shape index (κ3) is 2.13. The number of para-hydroxylation sites is 3. The molecule has 1 aromatic heterocycles. The second kappa shape index (κ2) is 4.90. The number of rotatable bonds is 2. The number of aromatic hydroxyl groups is 1. The van der Waals surface area contributed by atoms with Crippen molar-refractivity contribution in [2.45, 2.75) is 0 Å². The van der Waals surface area contributed by atoms with Crippen molar-refractivity contribution >= 4 is 22.7 Å². The van der Waals surface area contributed by atoms with Crippen LogP contribution in [0.5, 0.6) is 5.75 Å². The van der Waals surface area contributed by atoms with Crippen LogP contribution in [0.15, 0.2) is 48.5 Å². The van der Waals surface area contributed by atoms with Crippen LogP contribution in [0.25, 0.3) is 22.7 Å². The van der Waals surface area contributed by atoms with Crippen LogP contribution in [0.2, 0.25) is 0 Å². The first-order valence-corrected chi connectivity index (χ1v) is 6.13. The lowest BCUT2D eigenvalue weighted by Crippen LogP contribution is -1.85. The fourth-order valence-corrected chi connectivity index (χ4v) is 2.00. The summed E-state index contributed by atoms with van der Waals surface area (Å²) in [5.74, 6) is 0.633. The summed E-state index contributed by atoms with van der Waals surface area (Å²) in [7, 11) is 0. The molecule has 3 rings (SSSR count). The number of H-pyrrole nitrogens is 1. The highest BCUT2D eigenvalue weighted by atomic mass is 16.3. The Balaban J connectivity index is 2.10. The molecule has 0 unspecified atom stereocenters. The van der Waals surface area contributed by atoms with Crippen molar-refractivity contribution in [2.24, 2.45) is 0 Å². The standard InChI is InChI=1S/C16H11N3O/c17-10-12(9-11-5-1-4-8-15(11)20)16-18-13-6-2-3-7-14(13)19-16/h1-9,20H,(H,18,19). The van der Waals surface area contributed by atoms with E-state index in [1.54, 1.807) is 30.3 Å². The van der Waals surface area contributed by atoms with Crippen molar-refractivity contribution in [3.8, 4) is 11.8 Å². The maximum atomic E-state index is 9.76. The van der Waals surface area contributed by atoms with E-state index in [-0.39, 0.29) is 5.75 Å². The molecule has 1 heterocycles. The largest absolute Gasteiger partial charge is 0.507 e. The molecule has 3 aromatic rings. The SMILES string of the molecule is N#CC(=Cc1ccccc1O)c1nc2ccccc2[nH]1. The molecule has 4 nitrogen and oxygen atoms in total. The molecule has 20 heavy (non-hydrogen) atoms. The van der Waals surface area contributed by atoms with Gasteiger partial charge in [-0.05, 0) is 24.3 Å². The fourth-order valence-electron chi connectivity index (χ4n) is 2.00. The normalized spacial score (nSPS) is 11.4. The highest BCUT2D eigenvalue weighted by molar-refractivity contribution is 5.91. The monoisotopic (exact) mass is 261 g/mol. The first kappa shape index (κ1) is 12.0. The summed E-state index contributed by atoms with van der Waals surface area (Å²) in [6, 6.07) is 16.6. The predicted octanol–water partition coefficient (Wildman–Crippen LogP) is 3.33. The summed E-state index contributed by atoms with van der Waals surface area (Å²) in [4.78, 5) is 7.48. The van der Waals surface area contributed by atoms with Gasteiger partial charge in [0.15, 0.2) is 0 Å². The Bertz CT molecular complexity index is 807. The molecule has 4 heteroatoms. The third-order valence-corrected chi connectivity index (χ3v) is 3.00. The van der Waals surface area contributed by atoms with Crippen molar-refractivity contribution in [1.82, 2.24) is 9.97 Å². The molecule has 0 amide bonds. The number of aromatic amines is 1. The first-order valence-electron chi connectivity index (χ1n) is 6.13. The van der Waals surface area contributed by atoms with Crippen molar-refractivity contribution in [3.63, 3.8) is 0 Å². The summed E-state index contributed by atoms with van der Waals surface area (Å²) >= 11 is 0. The highest BCUT2D eigenvalue weighted by Gasteiger charge is 2.08. The van der Waals surface area contributed by atoms with Crippen LogP contribution in [0.3, 0.4) is 0 Å². The molecule has 0 saturated carbocycles. The lowest BCUT2D eigenvalue weighted by molar-refractivity contribution is 0.474. The van der Waals surface area contributed by atoms with Crippen molar-refractivity contribution in [1.29, 1.82) is 5.26 Å². The molecule has 2 N–H and O–H groups in total. The van der Waals surface area contributed by atoms with Crippen LogP contribution in [-0.4, -0.2) is 15.1 Å². The zero-order valence-corrected chi connectivity index (χ0v) is 10.5. The Morgan fingerprint density at radius 1 is 1.15 bits per heavy atom.